The number of nitrogens with zero attached hydrogens (tertiary/aromatic N) is 2. The van der Waals surface area contributed by atoms with Crippen LogP contribution in [-0.2, 0) is 6.42 Å². The van der Waals surface area contributed by atoms with Crippen molar-refractivity contribution < 1.29 is 9.53 Å². The molecule has 5 rings (SSSR count). The number of H-pyrrole nitrogens is 1. The van der Waals surface area contributed by atoms with Gasteiger partial charge in [-0.1, -0.05) is 0 Å². The standard InChI is InChI=1S/C18H25N5O2/c1-25-14-4-5-15-16(8-14)22-17(21-15)6-7-20-18(24)23-11-12-2-3-13(23)10-19-9-12/h4-5,8,12-13,19H,2-3,6-7,9-11H2,1H3,(H,20,24)(H,21,22). The van der Waals surface area contributed by atoms with E-state index >= 15 is 0 Å². The minimum absolute atomic E-state index is 0.0520. The largest absolute Gasteiger partial charge is 0.497 e. The molecule has 2 aromatic rings. The number of rotatable bonds is 4. The summed E-state index contributed by atoms with van der Waals surface area (Å²) in [6.45, 7) is 3.39. The second-order valence-corrected chi connectivity index (χ2v) is 6.96. The van der Waals surface area contributed by atoms with Crippen LogP contribution in [-0.4, -0.2) is 60.2 Å². The summed E-state index contributed by atoms with van der Waals surface area (Å²) >= 11 is 0. The summed E-state index contributed by atoms with van der Waals surface area (Å²) in [6, 6.07) is 6.16. The lowest BCUT2D eigenvalue weighted by Crippen LogP contribution is -2.51. The van der Waals surface area contributed by atoms with E-state index in [9.17, 15) is 4.79 Å². The average Bonchev–Trinajstić information content (AvgIpc) is 2.78. The van der Waals surface area contributed by atoms with E-state index < -0.39 is 0 Å². The maximum Gasteiger partial charge on any atom is 0.317 e. The third-order valence-corrected chi connectivity index (χ3v) is 5.25. The minimum Gasteiger partial charge on any atom is -0.497 e. The maximum absolute atomic E-state index is 12.5. The van der Waals surface area contributed by atoms with Crippen molar-refractivity contribution in [2.75, 3.05) is 33.3 Å². The van der Waals surface area contributed by atoms with Crippen LogP contribution in [0.2, 0.25) is 0 Å². The van der Waals surface area contributed by atoms with Crippen molar-refractivity contribution >= 4 is 17.1 Å². The first-order valence-electron chi connectivity index (χ1n) is 9.01. The molecule has 2 atom stereocenters. The number of aromatic nitrogens is 2. The molecule has 7 nitrogen and oxygen atoms in total. The number of hydrogen-bond acceptors (Lipinski definition) is 4. The Kier molecular flexibility index (Phi) is 4.48. The highest BCUT2D eigenvalue weighted by atomic mass is 16.5. The highest BCUT2D eigenvalue weighted by molar-refractivity contribution is 5.77. The molecule has 0 aliphatic carbocycles. The van der Waals surface area contributed by atoms with Gasteiger partial charge in [-0.15, -0.1) is 0 Å². The average molecular weight is 343 g/mol. The number of carbonyl (C=O) groups is 1. The first-order chi connectivity index (χ1) is 12.2. The Labute approximate surface area is 147 Å². The molecule has 25 heavy (non-hydrogen) atoms. The van der Waals surface area contributed by atoms with Crippen molar-refractivity contribution in [3.8, 4) is 5.75 Å². The SMILES string of the molecule is COc1ccc2nc(CCNC(=O)N3CC4CCC3CNC4)[nH]c2c1. The van der Waals surface area contributed by atoms with E-state index in [0.717, 1.165) is 48.7 Å². The van der Waals surface area contributed by atoms with Gasteiger partial charge in [-0.25, -0.2) is 9.78 Å². The number of imidazole rings is 1. The van der Waals surface area contributed by atoms with Crippen LogP contribution in [0, 0.1) is 5.92 Å². The second kappa shape index (κ2) is 6.92. The topological polar surface area (TPSA) is 82.3 Å². The summed E-state index contributed by atoms with van der Waals surface area (Å²) in [5, 5.41) is 6.51. The molecule has 2 unspecified atom stereocenters. The van der Waals surface area contributed by atoms with Crippen LogP contribution in [0.25, 0.3) is 11.0 Å². The molecule has 2 amide bonds. The number of piperidine rings is 1. The van der Waals surface area contributed by atoms with Crippen LogP contribution in [0.3, 0.4) is 0 Å². The summed E-state index contributed by atoms with van der Waals surface area (Å²) in [5.74, 6) is 2.28. The highest BCUT2D eigenvalue weighted by Gasteiger charge is 2.33. The summed E-state index contributed by atoms with van der Waals surface area (Å²) in [5.41, 5.74) is 1.87. The number of methoxy groups -OCH3 is 1. The van der Waals surface area contributed by atoms with Gasteiger partial charge in [-0.2, -0.15) is 0 Å². The van der Waals surface area contributed by atoms with Crippen LogP contribution in [0.4, 0.5) is 4.79 Å². The van der Waals surface area contributed by atoms with E-state index in [1.807, 2.05) is 23.1 Å². The Morgan fingerprint density at radius 1 is 1.40 bits per heavy atom. The lowest BCUT2D eigenvalue weighted by molar-refractivity contribution is 0.142. The number of ether oxygens (including phenoxy) is 1. The van der Waals surface area contributed by atoms with Crippen molar-refractivity contribution in [3.05, 3.63) is 24.0 Å². The number of benzene rings is 1. The van der Waals surface area contributed by atoms with Crippen molar-refractivity contribution in [2.24, 2.45) is 5.92 Å². The molecule has 1 aromatic heterocycles. The van der Waals surface area contributed by atoms with E-state index in [4.69, 9.17) is 4.74 Å². The zero-order chi connectivity index (χ0) is 17.2. The van der Waals surface area contributed by atoms with Gasteiger partial charge in [-0.05, 0) is 37.4 Å². The first kappa shape index (κ1) is 16.2. The number of nitrogens with one attached hydrogen (secondary N) is 3. The van der Waals surface area contributed by atoms with Gasteiger partial charge in [0.05, 0.1) is 18.1 Å². The van der Waals surface area contributed by atoms with Crippen LogP contribution >= 0.6 is 0 Å². The molecule has 3 N–H and O–H groups in total. The van der Waals surface area contributed by atoms with Crippen LogP contribution in [0.1, 0.15) is 18.7 Å². The molecule has 1 aromatic carbocycles. The lowest BCUT2D eigenvalue weighted by atomic mass is 9.95. The summed E-state index contributed by atoms with van der Waals surface area (Å²) in [6.07, 6.45) is 3.02. The van der Waals surface area contributed by atoms with E-state index in [1.165, 1.54) is 6.42 Å². The fourth-order valence-corrected chi connectivity index (χ4v) is 3.86. The molecule has 134 valence electrons. The Balaban J connectivity index is 1.33. The minimum atomic E-state index is 0.0520. The Hall–Kier alpha value is -2.28. The highest BCUT2D eigenvalue weighted by Crippen LogP contribution is 2.24. The van der Waals surface area contributed by atoms with Gasteiger partial charge in [0.15, 0.2) is 0 Å². The van der Waals surface area contributed by atoms with Crippen molar-refractivity contribution in [1.82, 2.24) is 25.5 Å². The van der Waals surface area contributed by atoms with E-state index in [0.29, 0.717) is 24.9 Å². The Morgan fingerprint density at radius 3 is 3.20 bits per heavy atom. The normalized spacial score (nSPS) is 22.8. The lowest BCUT2D eigenvalue weighted by Gasteiger charge is -2.36. The maximum atomic E-state index is 12.5. The number of aromatic amines is 1. The number of carbonyl (C=O) groups excluding carboxylic acids is 1. The number of fused-ring (bicyclic) bond motifs is 5. The molecule has 3 fully saturated rings. The Bertz CT molecular complexity index is 755. The first-order valence-corrected chi connectivity index (χ1v) is 9.01. The smallest absolute Gasteiger partial charge is 0.317 e. The van der Waals surface area contributed by atoms with E-state index in [1.54, 1.807) is 7.11 Å². The predicted octanol–water partition coefficient (Wildman–Crippen LogP) is 1.51. The molecular formula is C18H25N5O2. The van der Waals surface area contributed by atoms with Gasteiger partial charge in [0.25, 0.3) is 0 Å². The molecule has 3 aliphatic rings. The molecule has 2 bridgehead atoms. The molecule has 4 heterocycles. The molecular weight excluding hydrogens is 318 g/mol. The zero-order valence-corrected chi connectivity index (χ0v) is 14.5. The van der Waals surface area contributed by atoms with Gasteiger partial charge in [-0.3, -0.25) is 0 Å². The van der Waals surface area contributed by atoms with Crippen molar-refractivity contribution in [1.29, 1.82) is 0 Å². The summed E-state index contributed by atoms with van der Waals surface area (Å²) < 4.78 is 5.23. The van der Waals surface area contributed by atoms with Crippen molar-refractivity contribution in [2.45, 2.75) is 25.3 Å². The van der Waals surface area contributed by atoms with Crippen LogP contribution in [0.15, 0.2) is 18.2 Å². The number of hydrogen-bond donors (Lipinski definition) is 3. The third kappa shape index (κ3) is 3.42. The van der Waals surface area contributed by atoms with Gasteiger partial charge in [0, 0.05) is 38.2 Å². The van der Waals surface area contributed by atoms with Crippen LogP contribution < -0.4 is 15.4 Å². The fourth-order valence-electron chi connectivity index (χ4n) is 3.86. The zero-order valence-electron chi connectivity index (χ0n) is 14.5. The van der Waals surface area contributed by atoms with Gasteiger partial charge < -0.3 is 25.3 Å². The number of amides is 2. The molecule has 7 heteroatoms. The molecule has 0 spiro atoms. The quantitative estimate of drug-likeness (QED) is 0.786. The summed E-state index contributed by atoms with van der Waals surface area (Å²) in [4.78, 5) is 22.4. The van der Waals surface area contributed by atoms with Gasteiger partial charge in [0.2, 0.25) is 0 Å². The second-order valence-electron chi connectivity index (χ2n) is 6.96. The van der Waals surface area contributed by atoms with E-state index in [-0.39, 0.29) is 6.03 Å². The van der Waals surface area contributed by atoms with Gasteiger partial charge >= 0.3 is 6.03 Å². The Morgan fingerprint density at radius 2 is 2.32 bits per heavy atom. The van der Waals surface area contributed by atoms with E-state index in [2.05, 4.69) is 20.6 Å². The molecule has 3 saturated heterocycles. The monoisotopic (exact) mass is 343 g/mol. The molecule has 0 radical (unpaired) electrons. The van der Waals surface area contributed by atoms with Crippen molar-refractivity contribution in [3.63, 3.8) is 0 Å². The third-order valence-electron chi connectivity index (χ3n) is 5.25. The fraction of sp³-hybridized carbons (Fsp3) is 0.556. The predicted molar refractivity (Wildman–Crippen MR) is 95.8 cm³/mol. The molecule has 3 aliphatic heterocycles. The van der Waals surface area contributed by atoms with Gasteiger partial charge in [0.1, 0.15) is 11.6 Å². The summed E-state index contributed by atoms with van der Waals surface area (Å²) in [7, 11) is 1.65. The molecule has 0 saturated carbocycles. The van der Waals surface area contributed by atoms with Crippen LogP contribution in [0.5, 0.6) is 5.75 Å². The number of urea groups is 1.